The number of amides is 1. The molecule has 0 radical (unpaired) electrons. The number of ether oxygens (including phenoxy) is 1. The zero-order valence-electron chi connectivity index (χ0n) is 9.72. The number of hydrogen-bond donors (Lipinski definition) is 2. The van der Waals surface area contributed by atoms with Crippen LogP contribution in [0, 0.1) is 0 Å². The highest BCUT2D eigenvalue weighted by Crippen LogP contribution is 2.18. The lowest BCUT2D eigenvalue weighted by atomic mass is 10.2. The van der Waals surface area contributed by atoms with Crippen molar-refractivity contribution in [3.05, 3.63) is 0 Å². The maximum Gasteiger partial charge on any atom is 0.334 e. The van der Waals surface area contributed by atoms with Gasteiger partial charge in [0, 0.05) is 32.1 Å². The van der Waals surface area contributed by atoms with Crippen molar-refractivity contribution in [1.29, 1.82) is 0 Å². The average Bonchev–Trinajstić information content (AvgIpc) is 3.11. The fourth-order valence-corrected chi connectivity index (χ4v) is 1.84. The predicted molar refractivity (Wildman–Crippen MR) is 59.6 cm³/mol. The van der Waals surface area contributed by atoms with Gasteiger partial charge >= 0.3 is 5.97 Å². The molecule has 2 N–H and O–H groups in total. The summed E-state index contributed by atoms with van der Waals surface area (Å²) in [5, 5.41) is 11.7. The van der Waals surface area contributed by atoms with E-state index in [1.165, 1.54) is 0 Å². The van der Waals surface area contributed by atoms with Crippen LogP contribution >= 0.6 is 0 Å². The normalized spacial score (nSPS) is 25.5. The monoisotopic (exact) mass is 242 g/mol. The number of rotatable bonds is 5. The first kappa shape index (κ1) is 12.3. The summed E-state index contributed by atoms with van der Waals surface area (Å²) >= 11 is 0. The second-order valence-electron chi connectivity index (χ2n) is 4.59. The van der Waals surface area contributed by atoms with Crippen LogP contribution in [0.15, 0.2) is 0 Å². The average molecular weight is 242 g/mol. The van der Waals surface area contributed by atoms with E-state index in [0.29, 0.717) is 38.7 Å². The Kier molecular flexibility index (Phi) is 3.96. The fraction of sp³-hybridized carbons (Fsp3) is 0.818. The molecular formula is C11H18N2O4. The Morgan fingerprint density at radius 2 is 2.18 bits per heavy atom. The zero-order valence-corrected chi connectivity index (χ0v) is 9.72. The van der Waals surface area contributed by atoms with Gasteiger partial charge in [0.2, 0.25) is 5.91 Å². The van der Waals surface area contributed by atoms with Crippen molar-refractivity contribution in [2.75, 3.05) is 26.2 Å². The molecule has 2 fully saturated rings. The summed E-state index contributed by atoms with van der Waals surface area (Å²) in [4.78, 5) is 24.2. The first-order valence-electron chi connectivity index (χ1n) is 6.01. The molecule has 1 aliphatic heterocycles. The molecule has 1 saturated heterocycles. The van der Waals surface area contributed by atoms with E-state index in [-0.39, 0.29) is 5.91 Å². The SMILES string of the molecule is O=C(CCN1CCOC(C(=O)O)C1)NC1CC1. The van der Waals surface area contributed by atoms with Crippen molar-refractivity contribution in [2.24, 2.45) is 0 Å². The van der Waals surface area contributed by atoms with Gasteiger partial charge in [0.15, 0.2) is 6.10 Å². The maximum absolute atomic E-state index is 11.5. The Morgan fingerprint density at radius 1 is 1.41 bits per heavy atom. The van der Waals surface area contributed by atoms with Gasteiger partial charge in [-0.25, -0.2) is 4.79 Å². The number of morpholine rings is 1. The molecule has 2 rings (SSSR count). The minimum atomic E-state index is -0.933. The van der Waals surface area contributed by atoms with Gasteiger partial charge in [-0.2, -0.15) is 0 Å². The van der Waals surface area contributed by atoms with E-state index in [4.69, 9.17) is 9.84 Å². The smallest absolute Gasteiger partial charge is 0.334 e. The first-order valence-corrected chi connectivity index (χ1v) is 6.01. The molecule has 0 spiro atoms. The third kappa shape index (κ3) is 3.98. The van der Waals surface area contributed by atoms with Crippen molar-refractivity contribution in [3.63, 3.8) is 0 Å². The van der Waals surface area contributed by atoms with Crippen LogP contribution in [0.3, 0.4) is 0 Å². The molecule has 1 saturated carbocycles. The number of carbonyl (C=O) groups is 2. The summed E-state index contributed by atoms with van der Waals surface area (Å²) in [6, 6.07) is 0.388. The number of carboxylic acids is 1. The number of carbonyl (C=O) groups excluding carboxylic acids is 1. The van der Waals surface area contributed by atoms with Gasteiger partial charge in [-0.15, -0.1) is 0 Å². The van der Waals surface area contributed by atoms with E-state index in [0.717, 1.165) is 12.8 Å². The van der Waals surface area contributed by atoms with Crippen molar-refractivity contribution in [3.8, 4) is 0 Å². The van der Waals surface area contributed by atoms with E-state index in [2.05, 4.69) is 5.32 Å². The summed E-state index contributed by atoms with van der Waals surface area (Å²) in [6.07, 6.45) is 1.85. The molecule has 0 bridgehead atoms. The van der Waals surface area contributed by atoms with Crippen LogP contribution in [-0.2, 0) is 14.3 Å². The van der Waals surface area contributed by atoms with Crippen LogP contribution < -0.4 is 5.32 Å². The molecule has 0 aromatic carbocycles. The van der Waals surface area contributed by atoms with Gasteiger partial charge in [-0.05, 0) is 12.8 Å². The van der Waals surface area contributed by atoms with Crippen molar-refractivity contribution >= 4 is 11.9 Å². The molecule has 1 amide bonds. The number of nitrogens with zero attached hydrogens (tertiary/aromatic N) is 1. The van der Waals surface area contributed by atoms with E-state index < -0.39 is 12.1 Å². The van der Waals surface area contributed by atoms with E-state index in [1.807, 2.05) is 4.90 Å². The summed E-state index contributed by atoms with van der Waals surface area (Å²) in [5.41, 5.74) is 0. The molecule has 0 aromatic heterocycles. The van der Waals surface area contributed by atoms with Gasteiger partial charge in [-0.1, -0.05) is 0 Å². The van der Waals surface area contributed by atoms with Crippen LogP contribution in [-0.4, -0.2) is 60.3 Å². The predicted octanol–water partition coefficient (Wildman–Crippen LogP) is -0.559. The van der Waals surface area contributed by atoms with Crippen molar-refractivity contribution in [1.82, 2.24) is 10.2 Å². The lowest BCUT2D eigenvalue weighted by molar-refractivity contribution is -0.156. The molecule has 1 heterocycles. The largest absolute Gasteiger partial charge is 0.479 e. The Labute approximate surface area is 99.9 Å². The molecule has 1 unspecified atom stereocenters. The number of hydrogen-bond acceptors (Lipinski definition) is 4. The molecule has 1 aliphatic carbocycles. The summed E-state index contributed by atoms with van der Waals surface area (Å²) in [6.45, 7) is 2.08. The molecular weight excluding hydrogens is 224 g/mol. The van der Waals surface area contributed by atoms with Crippen LogP contribution in [0.4, 0.5) is 0 Å². The van der Waals surface area contributed by atoms with E-state index >= 15 is 0 Å². The lowest BCUT2D eigenvalue weighted by Crippen LogP contribution is -2.47. The van der Waals surface area contributed by atoms with Gasteiger partial charge in [0.25, 0.3) is 0 Å². The molecule has 6 nitrogen and oxygen atoms in total. The Hall–Kier alpha value is -1.14. The second kappa shape index (κ2) is 5.46. The van der Waals surface area contributed by atoms with Crippen LogP contribution in [0.1, 0.15) is 19.3 Å². The molecule has 0 aromatic rings. The molecule has 2 aliphatic rings. The first-order chi connectivity index (χ1) is 8.15. The van der Waals surface area contributed by atoms with Crippen LogP contribution in [0.5, 0.6) is 0 Å². The lowest BCUT2D eigenvalue weighted by Gasteiger charge is -2.30. The highest BCUT2D eigenvalue weighted by molar-refractivity contribution is 5.76. The van der Waals surface area contributed by atoms with Gasteiger partial charge < -0.3 is 15.2 Å². The standard InChI is InChI=1S/C11H18N2O4/c14-10(12-8-1-2-8)3-4-13-5-6-17-9(7-13)11(15)16/h8-9H,1-7H2,(H,12,14)(H,15,16). The minimum absolute atomic E-state index is 0.0610. The Balaban J connectivity index is 1.67. The number of nitrogens with one attached hydrogen (secondary N) is 1. The molecule has 96 valence electrons. The Bertz CT molecular complexity index is 304. The van der Waals surface area contributed by atoms with E-state index in [1.54, 1.807) is 0 Å². The van der Waals surface area contributed by atoms with Gasteiger partial charge in [0.05, 0.1) is 6.61 Å². The minimum Gasteiger partial charge on any atom is -0.479 e. The van der Waals surface area contributed by atoms with Gasteiger partial charge in [0.1, 0.15) is 0 Å². The highest BCUT2D eigenvalue weighted by Gasteiger charge is 2.27. The third-order valence-corrected chi connectivity index (χ3v) is 3.02. The van der Waals surface area contributed by atoms with Crippen molar-refractivity contribution in [2.45, 2.75) is 31.4 Å². The van der Waals surface area contributed by atoms with E-state index in [9.17, 15) is 9.59 Å². The van der Waals surface area contributed by atoms with Crippen LogP contribution in [0.2, 0.25) is 0 Å². The third-order valence-electron chi connectivity index (χ3n) is 3.02. The number of carboxylic acid groups (broad SMARTS) is 1. The topological polar surface area (TPSA) is 78.9 Å². The summed E-state index contributed by atoms with van der Waals surface area (Å²) in [7, 11) is 0. The summed E-state index contributed by atoms with van der Waals surface area (Å²) < 4.78 is 5.11. The van der Waals surface area contributed by atoms with Gasteiger partial charge in [-0.3, -0.25) is 9.69 Å². The van der Waals surface area contributed by atoms with Crippen molar-refractivity contribution < 1.29 is 19.4 Å². The summed E-state index contributed by atoms with van der Waals surface area (Å²) in [5.74, 6) is -0.872. The molecule has 6 heteroatoms. The van der Waals surface area contributed by atoms with Crippen LogP contribution in [0.25, 0.3) is 0 Å². The molecule has 1 atom stereocenters. The zero-order chi connectivity index (χ0) is 12.3. The molecule has 17 heavy (non-hydrogen) atoms. The number of aliphatic carboxylic acids is 1. The quantitative estimate of drug-likeness (QED) is 0.675. The Morgan fingerprint density at radius 3 is 2.82 bits per heavy atom. The maximum atomic E-state index is 11.5. The highest BCUT2D eigenvalue weighted by atomic mass is 16.5. The fourth-order valence-electron chi connectivity index (χ4n) is 1.84. The second-order valence-corrected chi connectivity index (χ2v) is 4.59.